The minimum absolute atomic E-state index is 0.137. The second-order valence-corrected chi connectivity index (χ2v) is 8.05. The number of amides is 1. The van der Waals surface area contributed by atoms with Crippen LogP contribution in [0.1, 0.15) is 47.1 Å². The molecule has 2 aliphatic heterocycles. The maximum atomic E-state index is 13.3. The Balaban J connectivity index is 1.40. The molecule has 2 unspecified atom stereocenters. The number of nitrogens with zero attached hydrogens (tertiary/aromatic N) is 6. The van der Waals surface area contributed by atoms with Gasteiger partial charge in [-0.1, -0.05) is 11.3 Å². The number of thiazole rings is 1. The average molecular weight is 368 g/mol. The first-order chi connectivity index (χ1) is 12.7. The average Bonchev–Trinajstić information content (AvgIpc) is 3.41. The van der Waals surface area contributed by atoms with E-state index in [9.17, 15) is 4.79 Å². The largest absolute Gasteiger partial charge is 0.332 e. The number of hydrogen-bond acceptors (Lipinski definition) is 5. The van der Waals surface area contributed by atoms with Gasteiger partial charge in [-0.15, -0.1) is 0 Å². The van der Waals surface area contributed by atoms with Crippen molar-refractivity contribution in [2.24, 2.45) is 0 Å². The van der Waals surface area contributed by atoms with E-state index in [2.05, 4.69) is 20.1 Å². The van der Waals surface area contributed by atoms with E-state index < -0.39 is 0 Å². The standard InChI is InChI=1S/C18H20N6OS/c1-12-16(26-18(21-12)22-8-2-3-9-22)17(25)23-13-4-5-14(23)11-15(10-13)24-19-6-7-20-24/h2-3,6-9,13-15H,4-5,10-11H2,1H3. The highest BCUT2D eigenvalue weighted by atomic mass is 32.1. The van der Waals surface area contributed by atoms with Crippen molar-refractivity contribution in [2.45, 2.75) is 50.7 Å². The molecule has 0 N–H and O–H groups in total. The molecule has 8 heteroatoms. The van der Waals surface area contributed by atoms with E-state index in [-0.39, 0.29) is 18.0 Å². The first-order valence-electron chi connectivity index (χ1n) is 9.00. The highest BCUT2D eigenvalue weighted by molar-refractivity contribution is 7.16. The first-order valence-corrected chi connectivity index (χ1v) is 9.81. The van der Waals surface area contributed by atoms with Crippen molar-refractivity contribution in [3.63, 3.8) is 0 Å². The smallest absolute Gasteiger partial charge is 0.266 e. The summed E-state index contributed by atoms with van der Waals surface area (Å²) in [6.07, 6.45) is 11.4. The molecule has 0 saturated carbocycles. The van der Waals surface area contributed by atoms with Crippen molar-refractivity contribution in [1.29, 1.82) is 0 Å². The number of aromatic nitrogens is 5. The summed E-state index contributed by atoms with van der Waals surface area (Å²) in [6, 6.07) is 4.77. The first kappa shape index (κ1) is 15.7. The number of hydrogen-bond donors (Lipinski definition) is 0. The third-order valence-electron chi connectivity index (χ3n) is 5.51. The fourth-order valence-corrected chi connectivity index (χ4v) is 5.33. The molecule has 2 bridgehead atoms. The van der Waals surface area contributed by atoms with Crippen LogP contribution in [0.4, 0.5) is 0 Å². The zero-order valence-corrected chi connectivity index (χ0v) is 15.3. The lowest BCUT2D eigenvalue weighted by molar-refractivity contribution is 0.0516. The van der Waals surface area contributed by atoms with Gasteiger partial charge in [-0.05, 0) is 44.7 Å². The second-order valence-electron chi connectivity index (χ2n) is 7.07. The summed E-state index contributed by atoms with van der Waals surface area (Å²) in [4.78, 5) is 22.6. The summed E-state index contributed by atoms with van der Waals surface area (Å²) >= 11 is 1.48. The van der Waals surface area contributed by atoms with Crippen LogP contribution in [0.3, 0.4) is 0 Å². The SMILES string of the molecule is Cc1nc(-n2cccc2)sc1C(=O)N1C2CCC1CC(n1nccn1)C2. The highest BCUT2D eigenvalue weighted by Crippen LogP contribution is 2.41. The summed E-state index contributed by atoms with van der Waals surface area (Å²) in [7, 11) is 0. The topological polar surface area (TPSA) is 68.8 Å². The Hall–Kier alpha value is -2.48. The van der Waals surface area contributed by atoms with Crippen LogP contribution in [0, 0.1) is 6.92 Å². The fourth-order valence-electron chi connectivity index (χ4n) is 4.35. The summed E-state index contributed by atoms with van der Waals surface area (Å²) < 4.78 is 1.96. The van der Waals surface area contributed by atoms with Gasteiger partial charge in [0.15, 0.2) is 5.13 Å². The van der Waals surface area contributed by atoms with E-state index in [0.29, 0.717) is 6.04 Å². The highest BCUT2D eigenvalue weighted by Gasteiger charge is 2.45. The van der Waals surface area contributed by atoms with Crippen molar-refractivity contribution < 1.29 is 4.79 Å². The Labute approximate surface area is 155 Å². The van der Waals surface area contributed by atoms with Crippen LogP contribution < -0.4 is 0 Å². The summed E-state index contributed by atoms with van der Waals surface area (Å²) in [5.41, 5.74) is 0.818. The lowest BCUT2D eigenvalue weighted by Gasteiger charge is -2.38. The Kier molecular flexibility index (Phi) is 3.66. The molecule has 0 radical (unpaired) electrons. The van der Waals surface area contributed by atoms with Crippen molar-refractivity contribution >= 4 is 17.2 Å². The maximum Gasteiger partial charge on any atom is 0.266 e. The molecule has 2 fully saturated rings. The van der Waals surface area contributed by atoms with Crippen LogP contribution >= 0.6 is 11.3 Å². The number of fused-ring (bicyclic) bond motifs is 2. The molecule has 1 amide bonds. The van der Waals surface area contributed by atoms with E-state index in [1.54, 1.807) is 12.4 Å². The molecule has 3 aromatic rings. The van der Waals surface area contributed by atoms with Crippen molar-refractivity contribution in [3.8, 4) is 5.13 Å². The van der Waals surface area contributed by atoms with Gasteiger partial charge in [-0.25, -0.2) is 4.98 Å². The van der Waals surface area contributed by atoms with Gasteiger partial charge in [0.1, 0.15) is 4.88 Å². The fraction of sp³-hybridized carbons (Fsp3) is 0.444. The number of aryl methyl sites for hydroxylation is 1. The predicted octanol–water partition coefficient (Wildman–Crippen LogP) is 2.84. The molecule has 134 valence electrons. The second kappa shape index (κ2) is 6.05. The van der Waals surface area contributed by atoms with E-state index in [0.717, 1.165) is 41.4 Å². The van der Waals surface area contributed by atoms with Crippen LogP contribution in [0.2, 0.25) is 0 Å². The van der Waals surface area contributed by atoms with Crippen LogP contribution in [-0.4, -0.2) is 47.4 Å². The zero-order valence-electron chi connectivity index (χ0n) is 14.5. The van der Waals surface area contributed by atoms with E-state index in [1.807, 2.05) is 40.8 Å². The molecule has 3 aromatic heterocycles. The van der Waals surface area contributed by atoms with Gasteiger partial charge in [-0.2, -0.15) is 15.0 Å². The van der Waals surface area contributed by atoms with Crippen molar-refractivity contribution in [1.82, 2.24) is 29.4 Å². The monoisotopic (exact) mass is 368 g/mol. The van der Waals surface area contributed by atoms with Crippen molar-refractivity contribution in [2.75, 3.05) is 0 Å². The molecule has 0 aromatic carbocycles. The molecule has 5 heterocycles. The molecule has 2 aliphatic rings. The van der Waals surface area contributed by atoms with Gasteiger partial charge in [0, 0.05) is 24.5 Å². The molecular formula is C18H20N6OS. The molecular weight excluding hydrogens is 348 g/mol. The summed E-state index contributed by atoms with van der Waals surface area (Å²) in [6.45, 7) is 1.93. The summed E-state index contributed by atoms with van der Waals surface area (Å²) in [5, 5.41) is 9.45. The van der Waals surface area contributed by atoms with Crippen LogP contribution in [0.5, 0.6) is 0 Å². The summed E-state index contributed by atoms with van der Waals surface area (Å²) in [5.74, 6) is 0.137. The van der Waals surface area contributed by atoms with E-state index in [1.165, 1.54) is 11.3 Å². The van der Waals surface area contributed by atoms with Crippen molar-refractivity contribution in [3.05, 3.63) is 47.5 Å². The molecule has 0 spiro atoms. The molecule has 7 nitrogen and oxygen atoms in total. The normalized spacial score (nSPS) is 25.0. The quantitative estimate of drug-likeness (QED) is 0.713. The van der Waals surface area contributed by atoms with Crippen LogP contribution in [-0.2, 0) is 0 Å². The third kappa shape index (κ3) is 2.47. The Bertz CT molecular complexity index is 902. The number of carbonyl (C=O) groups is 1. The Morgan fingerprint density at radius 3 is 2.38 bits per heavy atom. The molecule has 26 heavy (non-hydrogen) atoms. The lowest BCUT2D eigenvalue weighted by atomic mass is 9.97. The Morgan fingerprint density at radius 1 is 1.08 bits per heavy atom. The molecule has 2 saturated heterocycles. The minimum atomic E-state index is 0.137. The molecule has 5 rings (SSSR count). The van der Waals surface area contributed by atoms with Crippen LogP contribution in [0.25, 0.3) is 5.13 Å². The van der Waals surface area contributed by atoms with E-state index in [4.69, 9.17) is 0 Å². The zero-order chi connectivity index (χ0) is 17.7. The van der Waals surface area contributed by atoms with E-state index >= 15 is 0 Å². The maximum absolute atomic E-state index is 13.3. The number of rotatable bonds is 3. The van der Waals surface area contributed by atoms with Crippen LogP contribution in [0.15, 0.2) is 36.9 Å². The number of carbonyl (C=O) groups excluding carboxylic acids is 1. The third-order valence-corrected chi connectivity index (χ3v) is 6.67. The number of piperidine rings is 1. The predicted molar refractivity (Wildman–Crippen MR) is 97.5 cm³/mol. The van der Waals surface area contributed by atoms with Gasteiger partial charge < -0.3 is 9.47 Å². The van der Waals surface area contributed by atoms with Gasteiger partial charge in [0.2, 0.25) is 0 Å². The molecule has 0 aliphatic carbocycles. The van der Waals surface area contributed by atoms with Gasteiger partial charge in [0.25, 0.3) is 5.91 Å². The Morgan fingerprint density at radius 2 is 1.73 bits per heavy atom. The van der Waals surface area contributed by atoms with Gasteiger partial charge >= 0.3 is 0 Å². The lowest BCUT2D eigenvalue weighted by Crippen LogP contribution is -2.47. The van der Waals surface area contributed by atoms with Gasteiger partial charge in [-0.3, -0.25) is 4.79 Å². The molecule has 2 atom stereocenters. The minimum Gasteiger partial charge on any atom is -0.332 e. The van der Waals surface area contributed by atoms with Gasteiger partial charge in [0.05, 0.1) is 24.1 Å².